The third-order valence-corrected chi connectivity index (χ3v) is 8.58. The van der Waals surface area contributed by atoms with Gasteiger partial charge in [0.1, 0.15) is 23.8 Å². The van der Waals surface area contributed by atoms with E-state index in [9.17, 15) is 19.5 Å². The molecule has 48 heavy (non-hydrogen) atoms. The van der Waals surface area contributed by atoms with Crippen molar-refractivity contribution in [1.82, 2.24) is 10.3 Å². The number of amides is 2. The van der Waals surface area contributed by atoms with E-state index >= 15 is 0 Å². The van der Waals surface area contributed by atoms with E-state index in [1.165, 1.54) is 23.5 Å². The summed E-state index contributed by atoms with van der Waals surface area (Å²) in [6.45, 7) is 4.40. The van der Waals surface area contributed by atoms with E-state index in [4.69, 9.17) is 24.7 Å². The number of fused-ring (bicyclic) bond motifs is 3. The molecule has 2 aromatic heterocycles. The molecule has 12 nitrogen and oxygen atoms in total. The summed E-state index contributed by atoms with van der Waals surface area (Å²) in [4.78, 5) is 44.6. The number of hydrogen-bond donors (Lipinski definition) is 4. The Morgan fingerprint density at radius 1 is 1.00 bits per heavy atom. The van der Waals surface area contributed by atoms with Crippen molar-refractivity contribution in [3.63, 3.8) is 0 Å². The Morgan fingerprint density at radius 2 is 1.83 bits per heavy atom. The summed E-state index contributed by atoms with van der Waals surface area (Å²) in [6, 6.07) is 13.6. The van der Waals surface area contributed by atoms with Gasteiger partial charge in [-0.2, -0.15) is 0 Å². The molecule has 2 aromatic carbocycles. The maximum Gasteiger partial charge on any atom is 0.355 e. The molecule has 1 aliphatic heterocycles. The maximum absolute atomic E-state index is 14.3. The van der Waals surface area contributed by atoms with Gasteiger partial charge in [0.25, 0.3) is 11.8 Å². The quantitative estimate of drug-likeness (QED) is 0.126. The van der Waals surface area contributed by atoms with Gasteiger partial charge in [-0.15, -0.1) is 11.3 Å². The van der Waals surface area contributed by atoms with Gasteiger partial charge in [0.05, 0.1) is 32.1 Å². The molecule has 0 fully saturated rings. The monoisotopic (exact) mass is 674 g/mol. The minimum Gasteiger partial charge on any atom is -0.493 e. The molecule has 0 spiro atoms. The highest BCUT2D eigenvalue weighted by Gasteiger charge is 2.27. The maximum atomic E-state index is 14.3. The molecule has 4 aromatic rings. The number of carboxylic acid groups (broad SMARTS) is 1. The first kappa shape index (κ1) is 34.5. The number of pyridine rings is 1. The smallest absolute Gasteiger partial charge is 0.355 e. The first-order valence-corrected chi connectivity index (χ1v) is 16.5. The molecular weight excluding hydrogens is 636 g/mol. The van der Waals surface area contributed by atoms with Crippen LogP contribution in [0.25, 0.3) is 21.6 Å². The molecule has 3 heterocycles. The van der Waals surface area contributed by atoms with Crippen molar-refractivity contribution in [2.75, 3.05) is 52.0 Å². The third kappa shape index (κ3) is 8.00. The number of anilines is 1. The number of carbonyl (C=O) groups is 3. The fraction of sp³-hybridized carbons (Fsp3) is 0.314. The number of benzene rings is 2. The van der Waals surface area contributed by atoms with Crippen LogP contribution < -0.4 is 25.8 Å². The molecule has 0 aliphatic carbocycles. The zero-order chi connectivity index (χ0) is 34.0. The van der Waals surface area contributed by atoms with Gasteiger partial charge in [0, 0.05) is 53.8 Å². The predicted molar refractivity (Wildman–Crippen MR) is 182 cm³/mol. The van der Waals surface area contributed by atoms with Gasteiger partial charge in [-0.05, 0) is 65.4 Å². The highest BCUT2D eigenvalue weighted by atomic mass is 32.1. The molecule has 0 bridgehead atoms. The predicted octanol–water partition coefficient (Wildman–Crippen LogP) is 5.00. The first-order chi connectivity index (χ1) is 23.3. The summed E-state index contributed by atoms with van der Waals surface area (Å²) in [5, 5.41) is 17.9. The number of aromatic nitrogens is 1. The molecule has 0 atom stereocenters. The van der Waals surface area contributed by atoms with Gasteiger partial charge >= 0.3 is 5.97 Å². The lowest BCUT2D eigenvalue weighted by atomic mass is 9.93. The molecule has 0 unspecified atom stereocenters. The topological polar surface area (TPSA) is 171 Å². The van der Waals surface area contributed by atoms with Crippen LogP contribution in [0.4, 0.5) is 5.69 Å². The number of rotatable bonds is 15. The Kier molecular flexibility index (Phi) is 11.7. The zero-order valence-electron chi connectivity index (χ0n) is 26.8. The Balaban J connectivity index is 1.57. The molecule has 0 radical (unpaired) electrons. The van der Waals surface area contributed by atoms with E-state index in [0.717, 1.165) is 21.6 Å². The molecule has 0 saturated heterocycles. The molecule has 252 valence electrons. The number of nitrogens with one attached hydrogen (secondary N) is 2. The third-order valence-electron chi connectivity index (χ3n) is 7.59. The lowest BCUT2D eigenvalue weighted by Crippen LogP contribution is -2.25. The Hall–Kier alpha value is -4.82. The second-order valence-corrected chi connectivity index (χ2v) is 11.8. The average molecular weight is 675 g/mol. The minimum atomic E-state index is -1.35. The number of carboxylic acids is 1. The van der Waals surface area contributed by atoms with Gasteiger partial charge in [0.2, 0.25) is 0 Å². The van der Waals surface area contributed by atoms with Crippen LogP contribution >= 0.6 is 11.3 Å². The van der Waals surface area contributed by atoms with E-state index < -0.39 is 17.8 Å². The zero-order valence-corrected chi connectivity index (χ0v) is 27.6. The number of ether oxygens (including phenoxy) is 4. The van der Waals surface area contributed by atoms with Crippen LogP contribution in [-0.4, -0.2) is 74.6 Å². The molecular formula is C35H38N4O8S. The highest BCUT2D eigenvalue weighted by Crippen LogP contribution is 2.43. The van der Waals surface area contributed by atoms with Crippen molar-refractivity contribution < 1.29 is 38.4 Å². The van der Waals surface area contributed by atoms with Gasteiger partial charge in [0.15, 0.2) is 5.69 Å². The van der Waals surface area contributed by atoms with Crippen molar-refractivity contribution in [3.05, 3.63) is 82.0 Å². The fourth-order valence-corrected chi connectivity index (χ4v) is 6.16. The second kappa shape index (κ2) is 16.3. The van der Waals surface area contributed by atoms with Crippen molar-refractivity contribution in [2.45, 2.75) is 26.3 Å². The van der Waals surface area contributed by atoms with E-state index in [-0.39, 0.29) is 41.2 Å². The summed E-state index contributed by atoms with van der Waals surface area (Å²) in [5.41, 5.74) is 9.09. The minimum absolute atomic E-state index is 0.0437. The molecule has 2 amide bonds. The Labute approximate surface area is 282 Å². The van der Waals surface area contributed by atoms with E-state index in [0.29, 0.717) is 63.0 Å². The van der Waals surface area contributed by atoms with E-state index in [2.05, 4.69) is 15.6 Å². The van der Waals surface area contributed by atoms with Crippen LogP contribution in [0.2, 0.25) is 0 Å². The molecule has 1 aliphatic rings. The summed E-state index contributed by atoms with van der Waals surface area (Å²) in [6.07, 6.45) is 1.39. The van der Waals surface area contributed by atoms with Crippen molar-refractivity contribution in [2.24, 2.45) is 5.73 Å². The van der Waals surface area contributed by atoms with Crippen LogP contribution in [0, 0.1) is 0 Å². The number of aromatic carboxylic acids is 1. The lowest BCUT2D eigenvalue weighted by molar-refractivity contribution is 0.0545. The van der Waals surface area contributed by atoms with Crippen molar-refractivity contribution in [3.8, 4) is 33.1 Å². The first-order valence-electron chi connectivity index (χ1n) is 15.6. The van der Waals surface area contributed by atoms with Gasteiger partial charge in [-0.3, -0.25) is 9.59 Å². The van der Waals surface area contributed by atoms with E-state index in [1.807, 2.05) is 18.4 Å². The van der Waals surface area contributed by atoms with Gasteiger partial charge in [-0.1, -0.05) is 13.0 Å². The van der Waals surface area contributed by atoms with Crippen LogP contribution in [-0.2, 0) is 22.4 Å². The average Bonchev–Trinajstić information content (AvgIpc) is 3.50. The standard InChI is InChI=1S/C35H38N4O8S/c1-3-10-37-34(41)28-7-5-23(31(38-28)35(42)43)24-19-29-26(32-22(8-11-46-29)9-16-48-32)18-25(24)33(40)39-27-6-4-21(20-36)17-30(27)47-15-14-45-13-12-44-2/h4-7,9,16-19H,3,8,10-15,20,36H2,1-2H3,(H,37,41)(H,39,40)(H,42,43). The Morgan fingerprint density at radius 3 is 2.60 bits per heavy atom. The van der Waals surface area contributed by atoms with Crippen LogP contribution in [0.3, 0.4) is 0 Å². The molecule has 0 saturated carbocycles. The summed E-state index contributed by atoms with van der Waals surface area (Å²) < 4.78 is 22.6. The summed E-state index contributed by atoms with van der Waals surface area (Å²) in [5.74, 6) is -1.45. The Bertz CT molecular complexity index is 1790. The van der Waals surface area contributed by atoms with Gasteiger partial charge in [-0.25, -0.2) is 9.78 Å². The second-order valence-electron chi connectivity index (χ2n) is 10.9. The fourth-order valence-electron chi connectivity index (χ4n) is 5.18. The summed E-state index contributed by atoms with van der Waals surface area (Å²) in [7, 11) is 1.59. The summed E-state index contributed by atoms with van der Waals surface area (Å²) >= 11 is 1.54. The van der Waals surface area contributed by atoms with Crippen LogP contribution in [0.15, 0.2) is 53.9 Å². The van der Waals surface area contributed by atoms with Crippen LogP contribution in [0.5, 0.6) is 11.5 Å². The van der Waals surface area contributed by atoms with Crippen molar-refractivity contribution in [1.29, 1.82) is 0 Å². The van der Waals surface area contributed by atoms with E-state index in [1.54, 1.807) is 37.4 Å². The van der Waals surface area contributed by atoms with Crippen molar-refractivity contribution >= 4 is 34.8 Å². The molecule has 5 rings (SSSR count). The number of carbonyl (C=O) groups excluding carboxylic acids is 2. The lowest BCUT2D eigenvalue weighted by Gasteiger charge is -2.18. The normalized spacial score (nSPS) is 11.9. The SMILES string of the molecule is CCCNC(=O)c1ccc(-c2cc3c(cc2C(=O)Nc2ccc(CN)cc2OCCOCCOC)-c2sccc2CCO3)c(C(=O)O)n1. The largest absolute Gasteiger partial charge is 0.493 e. The van der Waals surface area contributed by atoms with Gasteiger partial charge < -0.3 is 40.4 Å². The highest BCUT2D eigenvalue weighted by molar-refractivity contribution is 7.13. The number of nitrogens with two attached hydrogens (primary N) is 1. The number of nitrogens with zero attached hydrogens (tertiary/aromatic N) is 1. The number of methoxy groups -OCH3 is 1. The molecule has 13 heteroatoms. The molecule has 5 N–H and O–H groups in total. The van der Waals surface area contributed by atoms with Crippen LogP contribution in [0.1, 0.15) is 55.8 Å². The number of hydrogen-bond acceptors (Lipinski definition) is 10. The number of thiophene rings is 1.